The number of rotatable bonds is 5. The Morgan fingerprint density at radius 3 is 2.96 bits per heavy atom. The van der Waals surface area contributed by atoms with E-state index in [-0.39, 0.29) is 5.56 Å². The van der Waals surface area contributed by atoms with Crippen LogP contribution in [0.3, 0.4) is 0 Å². The Labute approximate surface area is 154 Å². The van der Waals surface area contributed by atoms with Crippen molar-refractivity contribution in [2.24, 2.45) is 0 Å². The number of nitriles is 1. The molecular formula is C19H17N3OS2. The monoisotopic (exact) mass is 367 g/mol. The minimum absolute atomic E-state index is 0.0139. The molecule has 0 saturated heterocycles. The molecule has 0 amide bonds. The number of hydrogen-bond donors (Lipinski definition) is 0. The molecule has 3 rings (SSSR count). The van der Waals surface area contributed by atoms with E-state index in [1.807, 2.05) is 32.0 Å². The summed E-state index contributed by atoms with van der Waals surface area (Å²) in [6.45, 7) is 8.16. The van der Waals surface area contributed by atoms with E-state index in [9.17, 15) is 4.79 Å². The van der Waals surface area contributed by atoms with Crippen molar-refractivity contribution >= 4 is 33.3 Å². The summed E-state index contributed by atoms with van der Waals surface area (Å²) in [5.74, 6) is 0.647. The summed E-state index contributed by atoms with van der Waals surface area (Å²) in [5, 5.41) is 10.4. The second kappa shape index (κ2) is 7.26. The first kappa shape index (κ1) is 17.5. The molecule has 126 valence electrons. The largest absolute Gasteiger partial charge is 0.283 e. The van der Waals surface area contributed by atoms with Crippen molar-refractivity contribution in [2.75, 3.05) is 0 Å². The Balaban J connectivity index is 2.02. The third-order valence-electron chi connectivity index (χ3n) is 3.99. The molecule has 0 aliphatic carbocycles. The number of thiophene rings is 1. The van der Waals surface area contributed by atoms with E-state index in [2.05, 4.69) is 12.6 Å². The summed E-state index contributed by atoms with van der Waals surface area (Å²) in [4.78, 5) is 19.5. The van der Waals surface area contributed by atoms with Gasteiger partial charge in [0.2, 0.25) is 0 Å². The lowest BCUT2D eigenvalue weighted by Gasteiger charge is -2.10. The normalized spacial score (nSPS) is 10.8. The molecule has 0 spiro atoms. The lowest BCUT2D eigenvalue weighted by Crippen LogP contribution is -2.22. The number of hydrogen-bond acceptors (Lipinski definition) is 5. The molecule has 0 radical (unpaired) electrons. The summed E-state index contributed by atoms with van der Waals surface area (Å²) in [6, 6.07) is 9.63. The van der Waals surface area contributed by atoms with Gasteiger partial charge in [0.05, 0.1) is 17.0 Å². The predicted octanol–water partition coefficient (Wildman–Crippen LogP) is 4.42. The van der Waals surface area contributed by atoms with Crippen LogP contribution in [0.15, 0.2) is 46.9 Å². The number of allylic oxidation sites excluding steroid dienone is 1. The Hall–Kier alpha value is -2.36. The van der Waals surface area contributed by atoms with Crippen molar-refractivity contribution in [1.29, 1.82) is 5.26 Å². The number of thioether (sulfide) groups is 1. The predicted molar refractivity (Wildman–Crippen MR) is 104 cm³/mol. The highest BCUT2D eigenvalue weighted by atomic mass is 32.2. The van der Waals surface area contributed by atoms with Gasteiger partial charge < -0.3 is 0 Å². The van der Waals surface area contributed by atoms with Gasteiger partial charge in [-0.05, 0) is 37.1 Å². The highest BCUT2D eigenvalue weighted by molar-refractivity contribution is 7.98. The third-order valence-corrected chi connectivity index (χ3v) is 6.14. The molecule has 2 aromatic heterocycles. The first-order valence-electron chi connectivity index (χ1n) is 7.78. The Morgan fingerprint density at radius 1 is 1.44 bits per heavy atom. The molecule has 0 aliphatic heterocycles. The Morgan fingerprint density at radius 2 is 2.24 bits per heavy atom. The standard InChI is InChI=1S/C19H17N3OS2/c1-4-8-22-18(23)16-12(2)13(3)25-17(16)21-19(22)24-11-15-7-5-6-14(9-15)10-20/h4-7,9H,1,8,11H2,2-3H3. The van der Waals surface area contributed by atoms with Gasteiger partial charge in [0.1, 0.15) is 4.83 Å². The maximum absolute atomic E-state index is 12.9. The fourth-order valence-electron chi connectivity index (χ4n) is 2.59. The smallest absolute Gasteiger partial charge is 0.263 e. The summed E-state index contributed by atoms with van der Waals surface area (Å²) in [6.07, 6.45) is 1.71. The number of aromatic nitrogens is 2. The van der Waals surface area contributed by atoms with E-state index in [0.29, 0.717) is 28.4 Å². The third kappa shape index (κ3) is 3.39. The van der Waals surface area contributed by atoms with Crippen LogP contribution in [-0.2, 0) is 12.3 Å². The molecular weight excluding hydrogens is 350 g/mol. The van der Waals surface area contributed by atoms with Crippen LogP contribution in [0.2, 0.25) is 0 Å². The van der Waals surface area contributed by atoms with Gasteiger partial charge in [0.25, 0.3) is 5.56 Å². The molecule has 2 heterocycles. The van der Waals surface area contributed by atoms with Gasteiger partial charge in [-0.1, -0.05) is 30.0 Å². The van der Waals surface area contributed by atoms with Crippen LogP contribution >= 0.6 is 23.1 Å². The minimum Gasteiger partial charge on any atom is -0.283 e. The summed E-state index contributed by atoms with van der Waals surface area (Å²) >= 11 is 3.06. The zero-order chi connectivity index (χ0) is 18.0. The van der Waals surface area contributed by atoms with Crippen LogP contribution in [0.1, 0.15) is 21.6 Å². The number of benzene rings is 1. The molecule has 25 heavy (non-hydrogen) atoms. The fourth-order valence-corrected chi connectivity index (χ4v) is 4.61. The van der Waals surface area contributed by atoms with Crippen molar-refractivity contribution in [2.45, 2.75) is 31.3 Å². The Kier molecular flexibility index (Phi) is 5.07. The van der Waals surface area contributed by atoms with Gasteiger partial charge in [-0.2, -0.15) is 5.26 Å². The van der Waals surface area contributed by atoms with Gasteiger partial charge >= 0.3 is 0 Å². The lowest BCUT2D eigenvalue weighted by molar-refractivity contribution is 0.672. The van der Waals surface area contributed by atoms with E-state index >= 15 is 0 Å². The lowest BCUT2D eigenvalue weighted by atomic mass is 10.2. The average molecular weight is 367 g/mol. The van der Waals surface area contributed by atoms with Crippen molar-refractivity contribution < 1.29 is 0 Å². The quantitative estimate of drug-likeness (QED) is 0.380. The minimum atomic E-state index is -0.0139. The molecule has 0 N–H and O–H groups in total. The highest BCUT2D eigenvalue weighted by Gasteiger charge is 2.16. The molecule has 0 aliphatic rings. The van der Waals surface area contributed by atoms with Crippen LogP contribution in [-0.4, -0.2) is 9.55 Å². The van der Waals surface area contributed by atoms with Crippen molar-refractivity contribution in [1.82, 2.24) is 9.55 Å². The molecule has 0 unspecified atom stereocenters. The summed E-state index contributed by atoms with van der Waals surface area (Å²) in [5.41, 5.74) is 2.66. The average Bonchev–Trinajstić information content (AvgIpc) is 2.90. The van der Waals surface area contributed by atoms with Crippen LogP contribution < -0.4 is 5.56 Å². The number of fused-ring (bicyclic) bond motifs is 1. The molecule has 0 fully saturated rings. The second-order valence-corrected chi connectivity index (χ2v) is 7.81. The van der Waals surface area contributed by atoms with Crippen LogP contribution in [0.5, 0.6) is 0 Å². The van der Waals surface area contributed by atoms with Crippen LogP contribution in [0, 0.1) is 25.2 Å². The molecule has 0 bridgehead atoms. The van der Waals surface area contributed by atoms with Crippen LogP contribution in [0.4, 0.5) is 0 Å². The zero-order valence-corrected chi connectivity index (χ0v) is 15.7. The van der Waals surface area contributed by atoms with Gasteiger partial charge in [0.15, 0.2) is 5.16 Å². The maximum atomic E-state index is 12.9. The molecule has 0 atom stereocenters. The van der Waals surface area contributed by atoms with Gasteiger partial charge in [0, 0.05) is 17.2 Å². The number of aryl methyl sites for hydroxylation is 2. The van der Waals surface area contributed by atoms with Crippen LogP contribution in [0.25, 0.3) is 10.2 Å². The van der Waals surface area contributed by atoms with Gasteiger partial charge in [-0.25, -0.2) is 4.98 Å². The summed E-state index contributed by atoms with van der Waals surface area (Å²) < 4.78 is 1.67. The second-order valence-electron chi connectivity index (χ2n) is 5.66. The first-order chi connectivity index (χ1) is 12.0. The van der Waals surface area contributed by atoms with E-state index < -0.39 is 0 Å². The van der Waals surface area contributed by atoms with E-state index in [4.69, 9.17) is 10.2 Å². The van der Waals surface area contributed by atoms with E-state index in [1.54, 1.807) is 28.0 Å². The Bertz CT molecular complexity index is 1060. The van der Waals surface area contributed by atoms with Crippen molar-refractivity contribution in [3.8, 4) is 6.07 Å². The van der Waals surface area contributed by atoms with E-state index in [1.165, 1.54) is 11.8 Å². The van der Waals surface area contributed by atoms with Crippen molar-refractivity contribution in [3.63, 3.8) is 0 Å². The first-order valence-corrected chi connectivity index (χ1v) is 9.58. The van der Waals surface area contributed by atoms with E-state index in [0.717, 1.165) is 20.8 Å². The molecule has 6 heteroatoms. The zero-order valence-electron chi connectivity index (χ0n) is 14.1. The molecule has 1 aromatic carbocycles. The van der Waals surface area contributed by atoms with Gasteiger partial charge in [-0.3, -0.25) is 9.36 Å². The van der Waals surface area contributed by atoms with Crippen molar-refractivity contribution in [3.05, 3.63) is 68.8 Å². The molecule has 0 saturated carbocycles. The summed E-state index contributed by atoms with van der Waals surface area (Å²) in [7, 11) is 0. The maximum Gasteiger partial charge on any atom is 0.263 e. The molecule has 4 nitrogen and oxygen atoms in total. The number of nitrogens with zero attached hydrogens (tertiary/aromatic N) is 3. The fraction of sp³-hybridized carbons (Fsp3) is 0.211. The topological polar surface area (TPSA) is 58.7 Å². The highest BCUT2D eigenvalue weighted by Crippen LogP contribution is 2.29. The SMILES string of the molecule is C=CCn1c(SCc2cccc(C#N)c2)nc2sc(C)c(C)c2c1=O. The molecule has 3 aromatic rings. The van der Waals surface area contributed by atoms with Gasteiger partial charge in [-0.15, -0.1) is 17.9 Å².